The molecule has 0 aliphatic carbocycles. The van der Waals surface area contributed by atoms with Crippen molar-refractivity contribution in [1.29, 1.82) is 0 Å². The van der Waals surface area contributed by atoms with Crippen molar-refractivity contribution in [1.82, 2.24) is 9.88 Å². The lowest BCUT2D eigenvalue weighted by atomic mass is 10.3. The Morgan fingerprint density at radius 3 is 2.94 bits per heavy atom. The lowest BCUT2D eigenvalue weighted by molar-refractivity contribution is -0.127. The van der Waals surface area contributed by atoms with E-state index in [4.69, 9.17) is 0 Å². The van der Waals surface area contributed by atoms with E-state index in [0.29, 0.717) is 6.54 Å². The van der Waals surface area contributed by atoms with Crippen molar-refractivity contribution in [2.75, 3.05) is 31.6 Å². The summed E-state index contributed by atoms with van der Waals surface area (Å²) >= 11 is 3.39. The maximum Gasteiger partial charge on any atom is 0.241 e. The molecule has 2 heterocycles. The predicted molar refractivity (Wildman–Crippen MR) is 66.4 cm³/mol. The summed E-state index contributed by atoms with van der Waals surface area (Å²) in [6, 6.07) is 1.99. The van der Waals surface area contributed by atoms with Crippen LogP contribution in [0.1, 0.15) is 6.42 Å². The summed E-state index contributed by atoms with van der Waals surface area (Å²) in [4.78, 5) is 19.7. The topological polar surface area (TPSA) is 36.4 Å². The quantitative estimate of drug-likeness (QED) is 0.784. The molecule has 0 radical (unpaired) electrons. The van der Waals surface area contributed by atoms with Crippen molar-refractivity contribution in [3.63, 3.8) is 0 Å². The van der Waals surface area contributed by atoms with E-state index >= 15 is 0 Å². The van der Waals surface area contributed by atoms with Crippen LogP contribution in [0.4, 0.5) is 5.69 Å². The first kappa shape index (κ1) is 11.4. The third-order valence-corrected chi connectivity index (χ3v) is 3.16. The van der Waals surface area contributed by atoms with Gasteiger partial charge in [0, 0.05) is 30.8 Å². The van der Waals surface area contributed by atoms with Crippen LogP contribution >= 0.6 is 15.9 Å². The highest BCUT2D eigenvalue weighted by molar-refractivity contribution is 9.10. The van der Waals surface area contributed by atoms with Crippen LogP contribution in [0, 0.1) is 0 Å². The van der Waals surface area contributed by atoms with Crippen LogP contribution in [0.5, 0.6) is 0 Å². The van der Waals surface area contributed by atoms with Crippen molar-refractivity contribution in [3.05, 3.63) is 22.9 Å². The minimum absolute atomic E-state index is 0.164. The molecule has 16 heavy (non-hydrogen) atoms. The average molecular weight is 284 g/mol. The van der Waals surface area contributed by atoms with E-state index in [2.05, 4.69) is 25.8 Å². The van der Waals surface area contributed by atoms with Gasteiger partial charge in [-0.05, 0) is 28.4 Å². The minimum atomic E-state index is 0.164. The fourth-order valence-electron chi connectivity index (χ4n) is 1.78. The average Bonchev–Trinajstić information content (AvgIpc) is 2.42. The summed E-state index contributed by atoms with van der Waals surface area (Å²) in [5.41, 5.74) is 0.998. The number of hydrogen-bond acceptors (Lipinski definition) is 3. The van der Waals surface area contributed by atoms with Crippen molar-refractivity contribution < 1.29 is 4.79 Å². The van der Waals surface area contributed by atoms with Gasteiger partial charge in [0.25, 0.3) is 0 Å². The van der Waals surface area contributed by atoms with E-state index in [1.54, 1.807) is 17.3 Å². The van der Waals surface area contributed by atoms with Gasteiger partial charge in [-0.3, -0.25) is 9.78 Å². The van der Waals surface area contributed by atoms with E-state index in [-0.39, 0.29) is 5.91 Å². The minimum Gasteiger partial charge on any atom is -0.361 e. The van der Waals surface area contributed by atoms with Crippen LogP contribution in [-0.2, 0) is 4.79 Å². The monoisotopic (exact) mass is 283 g/mol. The van der Waals surface area contributed by atoms with Crippen LogP contribution in [0.15, 0.2) is 22.9 Å². The summed E-state index contributed by atoms with van der Waals surface area (Å²) in [5.74, 6) is 0.164. The number of nitrogens with zero attached hydrogens (tertiary/aromatic N) is 3. The van der Waals surface area contributed by atoms with Gasteiger partial charge in [-0.2, -0.15) is 0 Å². The first-order valence-corrected chi connectivity index (χ1v) is 6.05. The summed E-state index contributed by atoms with van der Waals surface area (Å²) < 4.78 is 0.940. The van der Waals surface area contributed by atoms with Crippen LogP contribution < -0.4 is 4.90 Å². The molecule has 1 aromatic heterocycles. The molecule has 0 N–H and O–H groups in total. The highest BCUT2D eigenvalue weighted by atomic mass is 79.9. The highest BCUT2D eigenvalue weighted by Gasteiger charge is 2.19. The van der Waals surface area contributed by atoms with Gasteiger partial charge in [-0.15, -0.1) is 0 Å². The van der Waals surface area contributed by atoms with Crippen LogP contribution in [0.3, 0.4) is 0 Å². The zero-order valence-corrected chi connectivity index (χ0v) is 10.8. The molecular formula is C11H14BrN3O. The molecule has 2 rings (SSSR count). The number of rotatable bonds is 1. The zero-order valence-electron chi connectivity index (χ0n) is 9.19. The Bertz CT molecular complexity index is 397. The van der Waals surface area contributed by atoms with Gasteiger partial charge in [0.05, 0.1) is 18.4 Å². The number of pyridine rings is 1. The van der Waals surface area contributed by atoms with Crippen molar-refractivity contribution in [2.45, 2.75) is 6.42 Å². The molecule has 0 bridgehead atoms. The number of carbonyl (C=O) groups is 1. The Kier molecular flexibility index (Phi) is 3.43. The molecule has 1 aromatic rings. The van der Waals surface area contributed by atoms with Gasteiger partial charge in [0.15, 0.2) is 0 Å². The summed E-state index contributed by atoms with van der Waals surface area (Å²) in [5, 5.41) is 0. The molecule has 5 heteroatoms. The van der Waals surface area contributed by atoms with E-state index in [1.807, 2.05) is 13.1 Å². The molecule has 0 unspecified atom stereocenters. The summed E-state index contributed by atoms with van der Waals surface area (Å²) in [6.07, 6.45) is 4.54. The SMILES string of the molecule is CN1CCCN(c2cncc(Br)c2)CC1=O. The van der Waals surface area contributed by atoms with E-state index in [0.717, 1.165) is 29.7 Å². The second-order valence-corrected chi connectivity index (χ2v) is 4.87. The summed E-state index contributed by atoms with van der Waals surface area (Å²) in [6.45, 7) is 2.17. The molecule has 86 valence electrons. The predicted octanol–water partition coefficient (Wildman–Crippen LogP) is 1.51. The third kappa shape index (κ3) is 2.52. The maximum absolute atomic E-state index is 11.7. The lowest BCUT2D eigenvalue weighted by Gasteiger charge is -2.21. The molecule has 4 nitrogen and oxygen atoms in total. The molecule has 1 fully saturated rings. The Morgan fingerprint density at radius 2 is 2.19 bits per heavy atom. The van der Waals surface area contributed by atoms with Crippen molar-refractivity contribution in [2.24, 2.45) is 0 Å². The van der Waals surface area contributed by atoms with E-state index < -0.39 is 0 Å². The number of likely N-dealkylation sites (N-methyl/N-ethyl adjacent to an activating group) is 1. The highest BCUT2D eigenvalue weighted by Crippen LogP contribution is 2.19. The van der Waals surface area contributed by atoms with Crippen LogP contribution in [0.25, 0.3) is 0 Å². The molecule has 1 aliphatic rings. The normalized spacial score (nSPS) is 17.5. The fourth-order valence-corrected chi connectivity index (χ4v) is 2.13. The molecule has 0 spiro atoms. The molecule has 0 aromatic carbocycles. The zero-order chi connectivity index (χ0) is 11.5. The Labute approximate surface area is 103 Å². The molecule has 1 amide bonds. The van der Waals surface area contributed by atoms with Gasteiger partial charge in [-0.25, -0.2) is 0 Å². The van der Waals surface area contributed by atoms with E-state index in [1.165, 1.54) is 0 Å². The molecule has 1 saturated heterocycles. The van der Waals surface area contributed by atoms with Gasteiger partial charge < -0.3 is 9.80 Å². The molecular weight excluding hydrogens is 270 g/mol. The number of carbonyl (C=O) groups excluding carboxylic acids is 1. The Morgan fingerprint density at radius 1 is 1.38 bits per heavy atom. The summed E-state index contributed by atoms with van der Waals surface area (Å²) in [7, 11) is 1.85. The molecule has 1 aliphatic heterocycles. The van der Waals surface area contributed by atoms with Crippen LogP contribution in [-0.4, -0.2) is 42.5 Å². The van der Waals surface area contributed by atoms with Gasteiger partial charge in [-0.1, -0.05) is 0 Å². The van der Waals surface area contributed by atoms with Gasteiger partial charge in [0.1, 0.15) is 0 Å². The fraction of sp³-hybridized carbons (Fsp3) is 0.455. The second-order valence-electron chi connectivity index (χ2n) is 3.95. The number of halogens is 1. The Balaban J connectivity index is 2.18. The molecule has 0 saturated carbocycles. The maximum atomic E-state index is 11.7. The first-order chi connectivity index (χ1) is 7.66. The smallest absolute Gasteiger partial charge is 0.241 e. The third-order valence-electron chi connectivity index (χ3n) is 2.73. The number of amides is 1. The number of aromatic nitrogens is 1. The Hall–Kier alpha value is -1.10. The van der Waals surface area contributed by atoms with Gasteiger partial charge >= 0.3 is 0 Å². The van der Waals surface area contributed by atoms with Gasteiger partial charge in [0.2, 0.25) is 5.91 Å². The van der Waals surface area contributed by atoms with Crippen LogP contribution in [0.2, 0.25) is 0 Å². The lowest BCUT2D eigenvalue weighted by Crippen LogP contribution is -2.34. The number of hydrogen-bond donors (Lipinski definition) is 0. The number of anilines is 1. The first-order valence-electron chi connectivity index (χ1n) is 5.26. The standard InChI is InChI=1S/C11H14BrN3O/c1-14-3-2-4-15(8-11(14)16)10-5-9(12)6-13-7-10/h5-7H,2-4,8H2,1H3. The van der Waals surface area contributed by atoms with Crippen molar-refractivity contribution >= 4 is 27.5 Å². The second kappa shape index (κ2) is 4.82. The van der Waals surface area contributed by atoms with E-state index in [9.17, 15) is 4.79 Å². The van der Waals surface area contributed by atoms with Crippen molar-refractivity contribution in [3.8, 4) is 0 Å². The largest absolute Gasteiger partial charge is 0.361 e. The molecule has 0 atom stereocenters.